The Bertz CT molecular complexity index is 1520. The Morgan fingerprint density at radius 2 is 1.93 bits per heavy atom. The molecular weight excluding hydrogens is 512 g/mol. The molecule has 2 aliphatic heterocycles. The highest BCUT2D eigenvalue weighted by Gasteiger charge is 2.44. The first-order valence-corrected chi connectivity index (χ1v) is 13.5. The van der Waals surface area contributed by atoms with Crippen LogP contribution in [0.3, 0.4) is 0 Å². The lowest BCUT2D eigenvalue weighted by Crippen LogP contribution is -2.47. The molecule has 0 aliphatic carbocycles. The number of piperidine rings is 1. The van der Waals surface area contributed by atoms with E-state index in [0.29, 0.717) is 48.8 Å². The minimum atomic E-state index is -0.152. The first-order valence-electron chi connectivity index (χ1n) is 13.5. The largest absolute Gasteiger partial charge is 0.383 e. The van der Waals surface area contributed by atoms with Gasteiger partial charge in [-0.3, -0.25) is 14.6 Å². The number of pyridine rings is 1. The molecule has 4 aromatic heterocycles. The molecule has 1 unspecified atom stereocenters. The van der Waals surface area contributed by atoms with Gasteiger partial charge in [-0.2, -0.15) is 9.61 Å². The third-order valence-corrected chi connectivity index (χ3v) is 7.94. The highest BCUT2D eigenvalue weighted by Crippen LogP contribution is 2.44. The maximum Gasteiger partial charge on any atom is 0.249 e. The van der Waals surface area contributed by atoms with Crippen LogP contribution in [0.5, 0.6) is 0 Å². The van der Waals surface area contributed by atoms with Crippen LogP contribution in [0.15, 0.2) is 36.9 Å². The SMILES string of the molecule is COCCOCC(=O)N1[C@@H]2CC[C@H]1CC(c1nc3c(-c4ccc(-c5ncc[nH]5)nc4)cnn3c(N)c1C(C)=O)C2. The summed E-state index contributed by atoms with van der Waals surface area (Å²) in [4.78, 5) is 44.7. The van der Waals surface area contributed by atoms with Gasteiger partial charge in [0.1, 0.15) is 18.1 Å². The van der Waals surface area contributed by atoms with Gasteiger partial charge in [-0.05, 0) is 38.7 Å². The summed E-state index contributed by atoms with van der Waals surface area (Å²) >= 11 is 0. The van der Waals surface area contributed by atoms with E-state index in [0.717, 1.165) is 29.7 Å². The molecule has 0 radical (unpaired) electrons. The van der Waals surface area contributed by atoms with Crippen molar-refractivity contribution in [3.05, 3.63) is 48.2 Å². The number of hydrogen-bond acceptors (Lipinski definition) is 9. The number of H-pyrrole nitrogens is 1. The summed E-state index contributed by atoms with van der Waals surface area (Å²) in [5, 5.41) is 4.47. The number of nitrogen functional groups attached to an aromatic ring is 1. The number of aromatic nitrogens is 6. The van der Waals surface area contributed by atoms with Gasteiger partial charge in [0.2, 0.25) is 5.91 Å². The monoisotopic (exact) mass is 544 g/mol. The van der Waals surface area contributed by atoms with Crippen molar-refractivity contribution in [2.45, 2.75) is 50.6 Å². The molecule has 2 fully saturated rings. The topological polar surface area (TPSA) is 154 Å². The predicted molar refractivity (Wildman–Crippen MR) is 147 cm³/mol. The molecule has 208 valence electrons. The van der Waals surface area contributed by atoms with Crippen LogP contribution in [-0.2, 0) is 14.3 Å². The van der Waals surface area contributed by atoms with Crippen LogP contribution in [0.2, 0.25) is 0 Å². The van der Waals surface area contributed by atoms with Crippen molar-refractivity contribution in [3.8, 4) is 22.6 Å². The Morgan fingerprint density at radius 3 is 2.58 bits per heavy atom. The molecule has 3 N–H and O–H groups in total. The van der Waals surface area contributed by atoms with Gasteiger partial charge < -0.3 is 25.1 Å². The number of nitrogens with zero attached hydrogens (tertiary/aromatic N) is 6. The third kappa shape index (κ3) is 4.62. The molecule has 2 saturated heterocycles. The molecule has 0 aromatic carbocycles. The maximum atomic E-state index is 13.0. The number of imidazole rings is 1. The first-order chi connectivity index (χ1) is 19.5. The number of amides is 1. The van der Waals surface area contributed by atoms with Crippen LogP contribution in [0.1, 0.15) is 54.6 Å². The van der Waals surface area contributed by atoms with E-state index >= 15 is 0 Å². The molecule has 12 nitrogen and oxygen atoms in total. The number of ketones is 1. The van der Waals surface area contributed by atoms with Gasteiger partial charge in [0, 0.05) is 54.8 Å². The number of anilines is 1. The van der Waals surface area contributed by atoms with Gasteiger partial charge in [0.25, 0.3) is 0 Å². The summed E-state index contributed by atoms with van der Waals surface area (Å²) < 4.78 is 12.0. The van der Waals surface area contributed by atoms with Crippen LogP contribution < -0.4 is 5.73 Å². The third-order valence-electron chi connectivity index (χ3n) is 7.94. The van der Waals surface area contributed by atoms with Crippen LogP contribution in [-0.4, -0.2) is 85.2 Å². The second-order valence-electron chi connectivity index (χ2n) is 10.4. The fourth-order valence-electron chi connectivity index (χ4n) is 6.18. The standard InChI is InChI=1S/C28H32N8O4/c1-16(37)24-25(18-11-19-4-5-20(12-18)35(19)23(38)15-40-10-9-39-2)34-28-21(14-33-36(28)26(24)29)17-3-6-22(32-13-17)27-30-7-8-31-27/h3,6-8,13-14,18-20H,4-5,9-12,15,29H2,1-2H3,(H,30,31)/t18?,19-,20+. The lowest BCUT2D eigenvalue weighted by molar-refractivity contribution is -0.141. The highest BCUT2D eigenvalue weighted by molar-refractivity contribution is 6.00. The Hall–Kier alpha value is -4.16. The quantitative estimate of drug-likeness (QED) is 0.239. The highest BCUT2D eigenvalue weighted by atomic mass is 16.5. The van der Waals surface area contributed by atoms with Crippen molar-refractivity contribution in [2.75, 3.05) is 32.7 Å². The van der Waals surface area contributed by atoms with Crippen molar-refractivity contribution in [3.63, 3.8) is 0 Å². The number of ether oxygens (including phenoxy) is 2. The van der Waals surface area contributed by atoms with Crippen LogP contribution >= 0.6 is 0 Å². The fraction of sp³-hybridized carbons (Fsp3) is 0.429. The summed E-state index contributed by atoms with van der Waals surface area (Å²) in [5.41, 5.74) is 10.5. The van der Waals surface area contributed by atoms with Crippen molar-refractivity contribution < 1.29 is 19.1 Å². The first kappa shape index (κ1) is 26.1. The number of rotatable bonds is 9. The number of aromatic amines is 1. The van der Waals surface area contributed by atoms with Gasteiger partial charge in [-0.15, -0.1) is 0 Å². The predicted octanol–water partition coefficient (Wildman–Crippen LogP) is 2.87. The Balaban J connectivity index is 1.31. The molecule has 1 amide bonds. The zero-order valence-electron chi connectivity index (χ0n) is 22.5. The molecular formula is C28H32N8O4. The average molecular weight is 545 g/mol. The fourth-order valence-corrected chi connectivity index (χ4v) is 6.18. The molecule has 4 aromatic rings. The second kappa shape index (κ2) is 10.8. The summed E-state index contributed by atoms with van der Waals surface area (Å²) in [6.45, 7) is 2.39. The van der Waals surface area contributed by atoms with E-state index < -0.39 is 0 Å². The van der Waals surface area contributed by atoms with E-state index in [9.17, 15) is 9.59 Å². The van der Waals surface area contributed by atoms with E-state index in [1.165, 1.54) is 11.4 Å². The molecule has 0 spiro atoms. The number of Topliss-reactive ketones (excluding diaryl/α,β-unsaturated/α-hetero) is 1. The summed E-state index contributed by atoms with van der Waals surface area (Å²) in [7, 11) is 1.60. The minimum absolute atomic E-state index is 0.000316. The summed E-state index contributed by atoms with van der Waals surface area (Å²) in [6.07, 6.45) is 10.2. The number of methoxy groups -OCH3 is 1. The molecule has 0 saturated carbocycles. The number of nitrogens with two attached hydrogens (primary N) is 1. The zero-order valence-corrected chi connectivity index (χ0v) is 22.5. The minimum Gasteiger partial charge on any atom is -0.383 e. The van der Waals surface area contributed by atoms with Crippen LogP contribution in [0, 0.1) is 0 Å². The Kier molecular flexibility index (Phi) is 7.03. The number of carbonyl (C=O) groups is 2. The molecule has 40 heavy (non-hydrogen) atoms. The van der Waals surface area contributed by atoms with E-state index in [2.05, 4.69) is 20.1 Å². The van der Waals surface area contributed by atoms with E-state index in [-0.39, 0.29) is 42.1 Å². The van der Waals surface area contributed by atoms with E-state index in [1.54, 1.807) is 31.9 Å². The maximum absolute atomic E-state index is 13.0. The average Bonchev–Trinajstić information content (AvgIpc) is 3.69. The van der Waals surface area contributed by atoms with Crippen LogP contribution in [0.25, 0.3) is 28.3 Å². The van der Waals surface area contributed by atoms with Crippen molar-refractivity contribution >= 4 is 23.2 Å². The lowest BCUT2D eigenvalue weighted by Gasteiger charge is -2.39. The summed E-state index contributed by atoms with van der Waals surface area (Å²) in [5.74, 6) is 0.796. The van der Waals surface area contributed by atoms with E-state index in [4.69, 9.17) is 20.2 Å². The van der Waals surface area contributed by atoms with Crippen molar-refractivity contribution in [1.82, 2.24) is 34.4 Å². The van der Waals surface area contributed by atoms with Crippen LogP contribution in [0.4, 0.5) is 5.82 Å². The van der Waals surface area contributed by atoms with Gasteiger partial charge in [0.05, 0.1) is 30.7 Å². The Morgan fingerprint density at radius 1 is 1.12 bits per heavy atom. The van der Waals surface area contributed by atoms with Crippen molar-refractivity contribution in [1.29, 1.82) is 0 Å². The van der Waals surface area contributed by atoms with Crippen molar-refractivity contribution in [2.24, 2.45) is 0 Å². The smallest absolute Gasteiger partial charge is 0.249 e. The van der Waals surface area contributed by atoms with Gasteiger partial charge >= 0.3 is 0 Å². The molecule has 6 heterocycles. The number of nitrogens with one attached hydrogen (secondary N) is 1. The number of carbonyl (C=O) groups excluding carboxylic acids is 2. The Labute approximate surface area is 230 Å². The van der Waals surface area contributed by atoms with Gasteiger partial charge in [-0.25, -0.2) is 9.97 Å². The molecule has 6 rings (SSSR count). The zero-order chi connectivity index (χ0) is 27.8. The number of fused-ring (bicyclic) bond motifs is 3. The number of hydrogen-bond donors (Lipinski definition) is 2. The second-order valence-corrected chi connectivity index (χ2v) is 10.4. The molecule has 2 aliphatic rings. The summed E-state index contributed by atoms with van der Waals surface area (Å²) in [6, 6.07) is 3.97. The normalized spacial score (nSPS) is 20.4. The molecule has 2 bridgehead atoms. The van der Waals surface area contributed by atoms with Gasteiger partial charge in [-0.1, -0.05) is 6.07 Å². The van der Waals surface area contributed by atoms with E-state index in [1.807, 2.05) is 17.0 Å². The lowest BCUT2D eigenvalue weighted by atomic mass is 9.85. The molecule has 3 atom stereocenters. The molecule has 12 heteroatoms. The van der Waals surface area contributed by atoms with Gasteiger partial charge in [0.15, 0.2) is 17.3 Å².